The lowest BCUT2D eigenvalue weighted by atomic mass is 10.4. The Kier molecular flexibility index (Phi) is 6.74. The van der Waals surface area contributed by atoms with Crippen molar-refractivity contribution >= 4 is 22.0 Å². The summed E-state index contributed by atoms with van der Waals surface area (Å²) in [4.78, 5) is 21.4. The van der Waals surface area contributed by atoms with Crippen molar-refractivity contribution in [1.29, 1.82) is 0 Å². The van der Waals surface area contributed by atoms with Gasteiger partial charge in [0.1, 0.15) is 0 Å². The van der Waals surface area contributed by atoms with Gasteiger partial charge < -0.3 is 9.84 Å². The van der Waals surface area contributed by atoms with Gasteiger partial charge in [-0.25, -0.2) is 12.7 Å². The zero-order chi connectivity index (χ0) is 13.5. The fraction of sp³-hybridized carbons (Fsp3) is 0.778. The normalized spacial score (nSPS) is 11.5. The number of carboxylic acids is 1. The third-order valence-electron chi connectivity index (χ3n) is 1.93. The molecule has 0 aromatic carbocycles. The third kappa shape index (κ3) is 6.22. The van der Waals surface area contributed by atoms with Crippen LogP contribution in [0.2, 0.25) is 0 Å². The molecule has 0 bridgehead atoms. The molecule has 0 amide bonds. The zero-order valence-electron chi connectivity index (χ0n) is 9.88. The molecule has 0 aromatic rings. The molecule has 0 aliphatic carbocycles. The highest BCUT2D eigenvalue weighted by Gasteiger charge is 2.25. The molecule has 0 saturated carbocycles. The molecule has 0 fully saturated rings. The van der Waals surface area contributed by atoms with E-state index in [1.807, 2.05) is 0 Å². The van der Waals surface area contributed by atoms with Crippen LogP contribution in [0.3, 0.4) is 0 Å². The molecule has 0 atom stereocenters. The molecule has 0 radical (unpaired) electrons. The number of hydrogen-bond donors (Lipinski definition) is 1. The number of esters is 1. The average molecular weight is 267 g/mol. The highest BCUT2D eigenvalue weighted by molar-refractivity contribution is 7.89. The van der Waals surface area contributed by atoms with E-state index in [1.54, 1.807) is 13.8 Å². The van der Waals surface area contributed by atoms with Crippen molar-refractivity contribution in [3.8, 4) is 0 Å². The van der Waals surface area contributed by atoms with Crippen LogP contribution >= 0.6 is 0 Å². The largest absolute Gasteiger partial charge is 0.481 e. The first kappa shape index (κ1) is 15.9. The van der Waals surface area contributed by atoms with Crippen molar-refractivity contribution in [1.82, 2.24) is 4.31 Å². The fourth-order valence-electron chi connectivity index (χ4n) is 1.16. The van der Waals surface area contributed by atoms with Crippen molar-refractivity contribution in [3.05, 3.63) is 0 Å². The van der Waals surface area contributed by atoms with Gasteiger partial charge in [-0.1, -0.05) is 6.92 Å². The molecule has 0 heterocycles. The van der Waals surface area contributed by atoms with Crippen molar-refractivity contribution in [2.75, 3.05) is 25.4 Å². The summed E-state index contributed by atoms with van der Waals surface area (Å²) in [5, 5.41) is 8.48. The van der Waals surface area contributed by atoms with Crippen molar-refractivity contribution in [2.24, 2.45) is 0 Å². The van der Waals surface area contributed by atoms with Crippen LogP contribution in [-0.2, 0) is 24.3 Å². The van der Waals surface area contributed by atoms with Crippen LogP contribution in [0.15, 0.2) is 0 Å². The van der Waals surface area contributed by atoms with Crippen LogP contribution in [-0.4, -0.2) is 55.2 Å². The van der Waals surface area contributed by atoms with E-state index >= 15 is 0 Å². The first-order chi connectivity index (χ1) is 7.83. The van der Waals surface area contributed by atoms with E-state index in [1.165, 1.54) is 0 Å². The maximum Gasteiger partial charge on any atom is 0.322 e. The Hall–Kier alpha value is -1.15. The molecule has 0 unspecified atom stereocenters. The minimum atomic E-state index is -3.79. The molecule has 7 nitrogen and oxygen atoms in total. The molecular formula is C9H17NO6S. The lowest BCUT2D eigenvalue weighted by molar-refractivity contribution is -0.140. The van der Waals surface area contributed by atoms with Crippen LogP contribution in [0.25, 0.3) is 0 Å². The Morgan fingerprint density at radius 3 is 2.29 bits per heavy atom. The standard InChI is InChI=1S/C9H17NO6S/c1-3-10(6-5-8(11)12)17(14,15)7-9(13)16-4-2/h3-7H2,1-2H3,(H,11,12). The van der Waals surface area contributed by atoms with Gasteiger partial charge in [0.05, 0.1) is 13.0 Å². The Bertz CT molecular complexity index is 364. The summed E-state index contributed by atoms with van der Waals surface area (Å²) in [6.45, 7) is 3.23. The number of carbonyl (C=O) groups excluding carboxylic acids is 1. The molecule has 0 spiro atoms. The van der Waals surface area contributed by atoms with Gasteiger partial charge in [0.15, 0.2) is 5.75 Å². The Balaban J connectivity index is 4.52. The average Bonchev–Trinajstić information content (AvgIpc) is 2.16. The minimum Gasteiger partial charge on any atom is -0.481 e. The quantitative estimate of drug-likeness (QED) is 0.605. The summed E-state index contributed by atoms with van der Waals surface area (Å²) >= 11 is 0. The number of carbonyl (C=O) groups is 2. The smallest absolute Gasteiger partial charge is 0.322 e. The molecule has 100 valence electrons. The predicted molar refractivity (Wildman–Crippen MR) is 59.9 cm³/mol. The maximum absolute atomic E-state index is 11.7. The predicted octanol–water partition coefficient (Wildman–Crippen LogP) is -0.324. The molecule has 0 saturated heterocycles. The number of carboxylic acid groups (broad SMARTS) is 1. The molecule has 0 aliphatic rings. The van der Waals surface area contributed by atoms with Crippen molar-refractivity contribution < 1.29 is 27.9 Å². The van der Waals surface area contributed by atoms with E-state index in [2.05, 4.69) is 4.74 Å². The number of rotatable bonds is 8. The van der Waals surface area contributed by atoms with Gasteiger partial charge in [-0.05, 0) is 6.92 Å². The van der Waals surface area contributed by atoms with E-state index in [0.29, 0.717) is 0 Å². The van der Waals surface area contributed by atoms with Gasteiger partial charge in [-0.3, -0.25) is 9.59 Å². The lowest BCUT2D eigenvalue weighted by Crippen LogP contribution is -2.37. The maximum atomic E-state index is 11.7. The van der Waals surface area contributed by atoms with Gasteiger partial charge in [-0.2, -0.15) is 0 Å². The monoisotopic (exact) mass is 267 g/mol. The summed E-state index contributed by atoms with van der Waals surface area (Å²) in [6, 6.07) is 0. The van der Waals surface area contributed by atoms with Gasteiger partial charge in [0.2, 0.25) is 10.0 Å². The van der Waals surface area contributed by atoms with Crippen molar-refractivity contribution in [2.45, 2.75) is 20.3 Å². The van der Waals surface area contributed by atoms with E-state index in [4.69, 9.17) is 5.11 Å². The van der Waals surface area contributed by atoms with Crippen LogP contribution in [0, 0.1) is 0 Å². The highest BCUT2D eigenvalue weighted by atomic mass is 32.2. The number of hydrogen-bond acceptors (Lipinski definition) is 5. The molecule has 17 heavy (non-hydrogen) atoms. The van der Waals surface area contributed by atoms with Gasteiger partial charge in [-0.15, -0.1) is 0 Å². The second-order valence-corrected chi connectivity index (χ2v) is 5.17. The number of nitrogens with zero attached hydrogens (tertiary/aromatic N) is 1. The Morgan fingerprint density at radius 1 is 1.29 bits per heavy atom. The summed E-state index contributed by atoms with van der Waals surface area (Å²) in [7, 11) is -3.79. The van der Waals surface area contributed by atoms with E-state index in [0.717, 1.165) is 4.31 Å². The number of ether oxygens (including phenoxy) is 1. The van der Waals surface area contributed by atoms with E-state index < -0.39 is 27.7 Å². The van der Waals surface area contributed by atoms with Gasteiger partial charge >= 0.3 is 11.9 Å². The SMILES string of the molecule is CCOC(=O)CS(=O)(=O)N(CC)CCC(=O)O. The molecular weight excluding hydrogens is 250 g/mol. The summed E-state index contributed by atoms with van der Waals surface area (Å²) in [5.41, 5.74) is 0. The number of aliphatic carboxylic acids is 1. The first-order valence-electron chi connectivity index (χ1n) is 5.18. The molecule has 1 N–H and O–H groups in total. The molecule has 0 aliphatic heterocycles. The lowest BCUT2D eigenvalue weighted by Gasteiger charge is -2.18. The van der Waals surface area contributed by atoms with E-state index in [-0.39, 0.29) is 26.1 Å². The Morgan fingerprint density at radius 2 is 1.88 bits per heavy atom. The first-order valence-corrected chi connectivity index (χ1v) is 6.79. The van der Waals surface area contributed by atoms with Crippen LogP contribution in [0.1, 0.15) is 20.3 Å². The Labute approximate surface area is 100 Å². The molecule has 0 aromatic heterocycles. The second-order valence-electron chi connectivity index (χ2n) is 3.20. The fourth-order valence-corrected chi connectivity index (χ4v) is 2.48. The second kappa shape index (κ2) is 7.23. The summed E-state index contributed by atoms with van der Waals surface area (Å²) in [6.07, 6.45) is -0.296. The van der Waals surface area contributed by atoms with Crippen LogP contribution < -0.4 is 0 Å². The van der Waals surface area contributed by atoms with Gasteiger partial charge in [0.25, 0.3) is 0 Å². The molecule has 8 heteroatoms. The zero-order valence-corrected chi connectivity index (χ0v) is 10.7. The topological polar surface area (TPSA) is 101 Å². The highest BCUT2D eigenvalue weighted by Crippen LogP contribution is 2.03. The van der Waals surface area contributed by atoms with Crippen LogP contribution in [0.5, 0.6) is 0 Å². The van der Waals surface area contributed by atoms with Crippen LogP contribution in [0.4, 0.5) is 0 Å². The van der Waals surface area contributed by atoms with E-state index in [9.17, 15) is 18.0 Å². The number of sulfonamides is 1. The molecule has 0 rings (SSSR count). The third-order valence-corrected chi connectivity index (χ3v) is 3.75. The van der Waals surface area contributed by atoms with Crippen molar-refractivity contribution in [3.63, 3.8) is 0 Å². The van der Waals surface area contributed by atoms with Gasteiger partial charge in [0, 0.05) is 13.1 Å². The summed E-state index contributed by atoms with van der Waals surface area (Å²) < 4.78 is 28.9. The minimum absolute atomic E-state index is 0.107. The summed E-state index contributed by atoms with van der Waals surface area (Å²) in [5.74, 6) is -2.68.